The summed E-state index contributed by atoms with van der Waals surface area (Å²) in [4.78, 5) is 9.27. The predicted molar refractivity (Wildman–Crippen MR) is 185 cm³/mol. The molecular weight excluding hydrogens is 565 g/mol. The minimum Gasteiger partial charge on any atom is -0.458 e. The fourth-order valence-electron chi connectivity index (χ4n) is 7.21. The SMILES string of the molecule is c1ccc(-c2ccc3c(c2)B2c4cc(-c5ccccn5)ccc4Oc4cc(-n5c6ccccc6c6ccccc65)cc(c42)O3)nc1. The lowest BCUT2D eigenvalue weighted by Gasteiger charge is -2.34. The predicted octanol–water partition coefficient (Wildman–Crippen LogP) is 7.64. The second-order valence-electron chi connectivity index (χ2n) is 11.8. The number of nitrogens with zero attached hydrogens (tertiary/aromatic N) is 3. The largest absolute Gasteiger partial charge is 0.458 e. The van der Waals surface area contributed by atoms with Crippen LogP contribution in [0.15, 0.2) is 146 Å². The summed E-state index contributed by atoms with van der Waals surface area (Å²) in [6, 6.07) is 46.2. The fourth-order valence-corrected chi connectivity index (χ4v) is 7.21. The number of rotatable bonds is 3. The normalized spacial score (nSPS) is 12.7. The monoisotopic (exact) mass is 589 g/mol. The molecular formula is C40H24BN3O2. The van der Waals surface area contributed by atoms with E-state index in [1.54, 1.807) is 0 Å². The first-order valence-corrected chi connectivity index (χ1v) is 15.4. The van der Waals surface area contributed by atoms with E-state index < -0.39 is 0 Å². The maximum Gasteiger partial charge on any atom is 0.260 e. The highest BCUT2D eigenvalue weighted by Gasteiger charge is 2.41. The van der Waals surface area contributed by atoms with E-state index in [9.17, 15) is 0 Å². The Kier molecular flexibility index (Phi) is 5.31. The van der Waals surface area contributed by atoms with E-state index >= 15 is 0 Å². The first-order valence-electron chi connectivity index (χ1n) is 15.4. The van der Waals surface area contributed by atoms with Gasteiger partial charge < -0.3 is 14.0 Å². The van der Waals surface area contributed by atoms with Gasteiger partial charge in [0.2, 0.25) is 0 Å². The van der Waals surface area contributed by atoms with Crippen LogP contribution in [0.2, 0.25) is 0 Å². The molecule has 0 fully saturated rings. The van der Waals surface area contributed by atoms with Gasteiger partial charge in [-0.15, -0.1) is 0 Å². The summed E-state index contributed by atoms with van der Waals surface area (Å²) < 4.78 is 15.9. The van der Waals surface area contributed by atoms with E-state index in [0.29, 0.717) is 0 Å². The highest BCUT2D eigenvalue weighted by Crippen LogP contribution is 2.40. The molecule has 2 aliphatic heterocycles. The van der Waals surface area contributed by atoms with Crippen LogP contribution in [0, 0.1) is 0 Å². The van der Waals surface area contributed by atoms with Gasteiger partial charge in [-0.2, -0.15) is 0 Å². The number of ether oxygens (including phenoxy) is 2. The van der Waals surface area contributed by atoms with Crippen molar-refractivity contribution in [2.24, 2.45) is 0 Å². The van der Waals surface area contributed by atoms with Gasteiger partial charge in [0.15, 0.2) is 0 Å². The van der Waals surface area contributed by atoms with Crippen molar-refractivity contribution < 1.29 is 9.47 Å². The van der Waals surface area contributed by atoms with E-state index in [4.69, 9.17) is 9.47 Å². The second kappa shape index (κ2) is 9.68. The lowest BCUT2D eigenvalue weighted by Crippen LogP contribution is -2.57. The van der Waals surface area contributed by atoms with Crippen molar-refractivity contribution in [3.63, 3.8) is 0 Å². The number of fused-ring (bicyclic) bond motifs is 7. The van der Waals surface area contributed by atoms with Crippen LogP contribution in [0.1, 0.15) is 0 Å². The number of hydrogen-bond acceptors (Lipinski definition) is 4. The first-order chi connectivity index (χ1) is 22.8. The lowest BCUT2D eigenvalue weighted by atomic mass is 9.34. The molecule has 0 unspecified atom stereocenters. The topological polar surface area (TPSA) is 49.2 Å². The Morgan fingerprint density at radius 1 is 0.478 bits per heavy atom. The van der Waals surface area contributed by atoms with Crippen LogP contribution in [0.4, 0.5) is 0 Å². The molecule has 0 spiro atoms. The number of hydrogen-bond donors (Lipinski definition) is 0. The molecule has 0 saturated heterocycles. The Bertz CT molecular complexity index is 2320. The third-order valence-corrected chi connectivity index (χ3v) is 9.22. The zero-order valence-electron chi connectivity index (χ0n) is 24.6. The number of benzene rings is 5. The third-order valence-electron chi connectivity index (χ3n) is 9.22. The van der Waals surface area contributed by atoms with Gasteiger partial charge in [0.25, 0.3) is 6.71 Å². The molecule has 5 aromatic carbocycles. The zero-order chi connectivity index (χ0) is 30.2. The van der Waals surface area contributed by atoms with Gasteiger partial charge in [-0.3, -0.25) is 9.97 Å². The number of aromatic nitrogens is 3. The van der Waals surface area contributed by atoms with Crippen LogP contribution in [-0.2, 0) is 0 Å². The van der Waals surface area contributed by atoms with E-state index in [-0.39, 0.29) is 6.71 Å². The van der Waals surface area contributed by atoms with Crippen LogP contribution in [0.5, 0.6) is 23.0 Å². The summed E-state index contributed by atoms with van der Waals surface area (Å²) in [7, 11) is 0. The zero-order valence-corrected chi connectivity index (χ0v) is 24.6. The molecule has 0 bridgehead atoms. The van der Waals surface area contributed by atoms with Crippen LogP contribution in [0.3, 0.4) is 0 Å². The van der Waals surface area contributed by atoms with E-state index in [2.05, 4.69) is 112 Å². The molecule has 5 heterocycles. The van der Waals surface area contributed by atoms with Gasteiger partial charge in [0.05, 0.1) is 28.1 Å². The quantitative estimate of drug-likeness (QED) is 0.199. The van der Waals surface area contributed by atoms with Crippen molar-refractivity contribution in [3.05, 3.63) is 146 Å². The maximum atomic E-state index is 6.78. The molecule has 3 aromatic heterocycles. The Morgan fingerprint density at radius 2 is 0.978 bits per heavy atom. The summed E-state index contributed by atoms with van der Waals surface area (Å²) in [6.45, 7) is -0.1000. The molecule has 0 atom stereocenters. The number of para-hydroxylation sites is 2. The maximum absolute atomic E-state index is 6.78. The van der Waals surface area contributed by atoms with Crippen molar-refractivity contribution in [1.82, 2.24) is 14.5 Å². The molecule has 0 radical (unpaired) electrons. The van der Waals surface area contributed by atoms with Crippen LogP contribution in [-0.4, -0.2) is 21.2 Å². The molecule has 0 aliphatic carbocycles. The summed E-state index contributed by atoms with van der Waals surface area (Å²) in [5.74, 6) is 3.26. The standard InChI is InChI=1S/C40H24BN3O2/c1-3-13-34-28(9-1)29-10-2-4-14-35(29)44(34)27-23-38-40-39(24-27)46-37-18-16-26(33-12-6-8-20-43-33)22-31(37)41(40)30-21-25(15-17-36(30)45-38)32-11-5-7-19-42-32/h1-24H. The second-order valence-corrected chi connectivity index (χ2v) is 11.8. The summed E-state index contributed by atoms with van der Waals surface area (Å²) in [6.07, 6.45) is 3.66. The average Bonchev–Trinajstić information content (AvgIpc) is 3.46. The van der Waals surface area contributed by atoms with Crippen LogP contribution >= 0.6 is 0 Å². The van der Waals surface area contributed by atoms with E-state index in [1.807, 2.05) is 48.8 Å². The van der Waals surface area contributed by atoms with Gasteiger partial charge in [0, 0.05) is 40.8 Å². The Hall–Kier alpha value is -6.14. The molecule has 10 rings (SSSR count). The third kappa shape index (κ3) is 3.70. The van der Waals surface area contributed by atoms with Crippen LogP contribution < -0.4 is 25.9 Å². The molecule has 5 nitrogen and oxygen atoms in total. The summed E-state index contributed by atoms with van der Waals surface area (Å²) in [5.41, 5.74) is 10.4. The minimum absolute atomic E-state index is 0.1000. The van der Waals surface area contributed by atoms with E-state index in [1.165, 1.54) is 10.8 Å². The van der Waals surface area contributed by atoms with Gasteiger partial charge in [-0.05, 0) is 82.7 Å². The lowest BCUT2D eigenvalue weighted by molar-refractivity contribution is 0.464. The molecule has 2 aliphatic rings. The molecule has 0 saturated carbocycles. The molecule has 0 amide bonds. The molecule has 0 N–H and O–H groups in total. The Labute approximate surface area is 265 Å². The van der Waals surface area contributed by atoms with Gasteiger partial charge >= 0.3 is 0 Å². The van der Waals surface area contributed by atoms with Crippen molar-refractivity contribution in [2.75, 3.05) is 0 Å². The van der Waals surface area contributed by atoms with Crippen LogP contribution in [0.25, 0.3) is 50.0 Å². The highest BCUT2D eigenvalue weighted by atomic mass is 16.5. The fraction of sp³-hybridized carbons (Fsp3) is 0. The van der Waals surface area contributed by atoms with Gasteiger partial charge in [-0.1, -0.05) is 60.7 Å². The Morgan fingerprint density at radius 3 is 1.48 bits per heavy atom. The molecule has 8 aromatic rings. The summed E-state index contributed by atoms with van der Waals surface area (Å²) in [5, 5.41) is 2.42. The van der Waals surface area contributed by atoms with E-state index in [0.717, 1.165) is 78.6 Å². The smallest absolute Gasteiger partial charge is 0.260 e. The Balaban J connectivity index is 1.22. The molecule has 214 valence electrons. The van der Waals surface area contributed by atoms with Crippen molar-refractivity contribution in [2.45, 2.75) is 0 Å². The first kappa shape index (κ1) is 25.2. The average molecular weight is 589 g/mol. The number of pyridine rings is 2. The van der Waals surface area contributed by atoms with Gasteiger partial charge in [0.1, 0.15) is 23.0 Å². The van der Waals surface area contributed by atoms with Crippen molar-refractivity contribution in [1.29, 1.82) is 0 Å². The van der Waals surface area contributed by atoms with Crippen molar-refractivity contribution in [3.8, 4) is 51.2 Å². The summed E-state index contributed by atoms with van der Waals surface area (Å²) >= 11 is 0. The molecule has 46 heavy (non-hydrogen) atoms. The van der Waals surface area contributed by atoms with Gasteiger partial charge in [-0.25, -0.2) is 0 Å². The highest BCUT2D eigenvalue weighted by molar-refractivity contribution is 6.98. The molecule has 6 heteroatoms. The minimum atomic E-state index is -0.1000. The van der Waals surface area contributed by atoms with Crippen molar-refractivity contribution >= 4 is 44.9 Å².